The summed E-state index contributed by atoms with van der Waals surface area (Å²) in [5.41, 5.74) is 0.201. The van der Waals surface area contributed by atoms with Crippen molar-refractivity contribution in [1.82, 2.24) is 0 Å². The molecule has 0 saturated heterocycles. The van der Waals surface area contributed by atoms with Crippen LogP contribution in [0.15, 0.2) is 12.1 Å². The van der Waals surface area contributed by atoms with Crippen LogP contribution in [0.4, 0.5) is 8.78 Å². The van der Waals surface area contributed by atoms with Gasteiger partial charge in [-0.1, -0.05) is 20.8 Å². The second kappa shape index (κ2) is 4.17. The lowest BCUT2D eigenvalue weighted by molar-refractivity contribution is 0.352. The van der Waals surface area contributed by atoms with Crippen molar-refractivity contribution in [2.45, 2.75) is 27.2 Å². The third-order valence-corrected chi connectivity index (χ3v) is 2.07. The molecule has 84 valence electrons. The molecule has 0 aliphatic carbocycles. The number of hydrogen-bond donors (Lipinski definition) is 0. The van der Waals surface area contributed by atoms with Crippen LogP contribution in [0.2, 0.25) is 0 Å². The van der Waals surface area contributed by atoms with E-state index in [0.717, 1.165) is 12.1 Å². The van der Waals surface area contributed by atoms with Gasteiger partial charge in [-0.25, -0.2) is 8.78 Å². The van der Waals surface area contributed by atoms with E-state index in [0.29, 0.717) is 12.0 Å². The van der Waals surface area contributed by atoms with E-state index in [9.17, 15) is 8.78 Å². The van der Waals surface area contributed by atoms with Crippen LogP contribution in [0.5, 0.6) is 5.75 Å². The predicted octanol–water partition coefficient (Wildman–Crippen LogP) is 3.56. The maximum atomic E-state index is 13.5. The number of hydrogen-bond acceptors (Lipinski definition) is 1. The molecule has 1 aromatic carbocycles. The second-order valence-electron chi connectivity index (χ2n) is 4.78. The fourth-order valence-corrected chi connectivity index (χ4v) is 1.49. The maximum absolute atomic E-state index is 13.5. The van der Waals surface area contributed by atoms with Gasteiger partial charge in [-0.3, -0.25) is 0 Å². The van der Waals surface area contributed by atoms with E-state index in [-0.39, 0.29) is 11.2 Å². The minimum Gasteiger partial charge on any atom is -0.493 e. The van der Waals surface area contributed by atoms with Crippen molar-refractivity contribution in [3.05, 3.63) is 29.3 Å². The van der Waals surface area contributed by atoms with Crippen molar-refractivity contribution in [1.29, 1.82) is 0 Å². The van der Waals surface area contributed by atoms with Gasteiger partial charge in [0.1, 0.15) is 5.82 Å². The van der Waals surface area contributed by atoms with E-state index in [4.69, 9.17) is 4.74 Å². The molecule has 0 bridgehead atoms. The van der Waals surface area contributed by atoms with Crippen LogP contribution in [0.25, 0.3) is 0 Å². The number of rotatable bonds is 2. The summed E-state index contributed by atoms with van der Waals surface area (Å²) in [6, 6.07) is 2.22. The molecule has 0 saturated carbocycles. The SMILES string of the molecule is COc1c(F)ccc(F)c1CC(C)(C)C. The van der Waals surface area contributed by atoms with Gasteiger partial charge in [-0.2, -0.15) is 0 Å². The average Bonchev–Trinajstić information content (AvgIpc) is 2.10. The summed E-state index contributed by atoms with van der Waals surface area (Å²) in [6.45, 7) is 5.91. The molecule has 0 heterocycles. The van der Waals surface area contributed by atoms with Crippen molar-refractivity contribution in [2.75, 3.05) is 7.11 Å². The fourth-order valence-electron chi connectivity index (χ4n) is 1.49. The quantitative estimate of drug-likeness (QED) is 0.731. The first-order valence-corrected chi connectivity index (χ1v) is 4.86. The van der Waals surface area contributed by atoms with Gasteiger partial charge in [0.15, 0.2) is 11.6 Å². The highest BCUT2D eigenvalue weighted by atomic mass is 19.1. The summed E-state index contributed by atoms with van der Waals surface area (Å²) in [6.07, 6.45) is 0.444. The Morgan fingerprint density at radius 1 is 1.13 bits per heavy atom. The lowest BCUT2D eigenvalue weighted by Crippen LogP contribution is -2.12. The second-order valence-corrected chi connectivity index (χ2v) is 4.78. The lowest BCUT2D eigenvalue weighted by Gasteiger charge is -2.20. The average molecular weight is 214 g/mol. The lowest BCUT2D eigenvalue weighted by atomic mass is 9.87. The van der Waals surface area contributed by atoms with Gasteiger partial charge in [0.05, 0.1) is 7.11 Å². The van der Waals surface area contributed by atoms with Gasteiger partial charge in [0.2, 0.25) is 0 Å². The van der Waals surface area contributed by atoms with Crippen LogP contribution in [-0.4, -0.2) is 7.11 Å². The van der Waals surface area contributed by atoms with Crippen LogP contribution < -0.4 is 4.74 Å². The summed E-state index contributed by atoms with van der Waals surface area (Å²) in [5.74, 6) is -0.911. The predicted molar refractivity (Wildman–Crippen MR) is 56.1 cm³/mol. The molecule has 0 aliphatic heterocycles. The summed E-state index contributed by atoms with van der Waals surface area (Å²) < 4.78 is 31.7. The largest absolute Gasteiger partial charge is 0.493 e. The van der Waals surface area contributed by atoms with Gasteiger partial charge < -0.3 is 4.74 Å². The van der Waals surface area contributed by atoms with E-state index < -0.39 is 11.6 Å². The van der Waals surface area contributed by atoms with Gasteiger partial charge in [-0.15, -0.1) is 0 Å². The van der Waals surface area contributed by atoms with Crippen LogP contribution >= 0.6 is 0 Å². The first kappa shape index (κ1) is 12.0. The highest BCUT2D eigenvalue weighted by Gasteiger charge is 2.20. The smallest absolute Gasteiger partial charge is 0.165 e. The molecule has 1 rings (SSSR count). The van der Waals surface area contributed by atoms with Crippen molar-refractivity contribution in [2.24, 2.45) is 5.41 Å². The number of methoxy groups -OCH3 is 1. The van der Waals surface area contributed by atoms with Crippen molar-refractivity contribution < 1.29 is 13.5 Å². The highest BCUT2D eigenvalue weighted by molar-refractivity contribution is 5.36. The molecule has 0 N–H and O–H groups in total. The van der Waals surface area contributed by atoms with Gasteiger partial charge in [-0.05, 0) is 24.0 Å². The Bertz CT molecular complexity index is 353. The molecule has 0 aromatic heterocycles. The fraction of sp³-hybridized carbons (Fsp3) is 0.500. The molecule has 15 heavy (non-hydrogen) atoms. The van der Waals surface area contributed by atoms with Gasteiger partial charge in [0.25, 0.3) is 0 Å². The first-order chi connectivity index (χ1) is 6.85. The maximum Gasteiger partial charge on any atom is 0.165 e. The minimum atomic E-state index is -0.516. The molecule has 0 radical (unpaired) electrons. The molecule has 1 aromatic rings. The third-order valence-electron chi connectivity index (χ3n) is 2.07. The number of ether oxygens (including phenoxy) is 1. The Balaban J connectivity index is 3.20. The summed E-state index contributed by atoms with van der Waals surface area (Å²) in [5, 5.41) is 0. The summed E-state index contributed by atoms with van der Waals surface area (Å²) >= 11 is 0. The Hall–Kier alpha value is -1.12. The van der Waals surface area contributed by atoms with E-state index in [1.54, 1.807) is 0 Å². The van der Waals surface area contributed by atoms with Crippen LogP contribution in [0.1, 0.15) is 26.3 Å². The van der Waals surface area contributed by atoms with E-state index in [1.807, 2.05) is 20.8 Å². The van der Waals surface area contributed by atoms with E-state index in [2.05, 4.69) is 0 Å². The molecule has 0 fully saturated rings. The van der Waals surface area contributed by atoms with Crippen molar-refractivity contribution in [3.63, 3.8) is 0 Å². The Labute approximate surface area is 89.1 Å². The zero-order chi connectivity index (χ0) is 11.6. The first-order valence-electron chi connectivity index (χ1n) is 4.86. The van der Waals surface area contributed by atoms with Gasteiger partial charge >= 0.3 is 0 Å². The molecular formula is C12H16F2O. The standard InChI is InChI=1S/C12H16F2O/c1-12(2,3)7-8-9(13)5-6-10(14)11(8)15-4/h5-6H,7H2,1-4H3. The Morgan fingerprint density at radius 2 is 1.67 bits per heavy atom. The zero-order valence-electron chi connectivity index (χ0n) is 9.53. The van der Waals surface area contributed by atoms with Gasteiger partial charge in [0, 0.05) is 5.56 Å². The normalized spacial score (nSPS) is 11.6. The molecule has 0 spiro atoms. The summed E-state index contributed by atoms with van der Waals surface area (Å²) in [4.78, 5) is 0. The number of halogens is 2. The molecule has 0 atom stereocenters. The molecule has 0 amide bonds. The molecular weight excluding hydrogens is 198 g/mol. The van der Waals surface area contributed by atoms with Crippen LogP contribution in [0, 0.1) is 17.0 Å². The van der Waals surface area contributed by atoms with Crippen molar-refractivity contribution >= 4 is 0 Å². The Morgan fingerprint density at radius 3 is 2.13 bits per heavy atom. The third kappa shape index (κ3) is 2.91. The topological polar surface area (TPSA) is 9.23 Å². The number of benzene rings is 1. The van der Waals surface area contributed by atoms with Crippen molar-refractivity contribution in [3.8, 4) is 5.75 Å². The van der Waals surface area contributed by atoms with E-state index in [1.165, 1.54) is 7.11 Å². The zero-order valence-corrected chi connectivity index (χ0v) is 9.53. The van der Waals surface area contributed by atoms with E-state index >= 15 is 0 Å². The highest BCUT2D eigenvalue weighted by Crippen LogP contribution is 2.31. The van der Waals surface area contributed by atoms with Crippen LogP contribution in [0.3, 0.4) is 0 Å². The minimum absolute atomic E-state index is 0.0184. The molecule has 0 unspecified atom stereocenters. The summed E-state index contributed by atoms with van der Waals surface area (Å²) in [7, 11) is 1.35. The molecule has 1 nitrogen and oxygen atoms in total. The monoisotopic (exact) mass is 214 g/mol. The Kier molecular flexibility index (Phi) is 3.32. The van der Waals surface area contributed by atoms with Crippen LogP contribution in [-0.2, 0) is 6.42 Å². The molecule has 0 aliphatic rings. The molecule has 3 heteroatoms.